The Morgan fingerprint density at radius 2 is 2.25 bits per heavy atom. The van der Waals surface area contributed by atoms with Gasteiger partial charge in [-0.05, 0) is 6.07 Å². The first-order valence-electron chi connectivity index (χ1n) is 5.33. The van der Waals surface area contributed by atoms with E-state index in [4.69, 9.17) is 21.4 Å². The summed E-state index contributed by atoms with van der Waals surface area (Å²) in [6.45, 7) is -0.287. The van der Waals surface area contributed by atoms with E-state index < -0.39 is 10.9 Å². The van der Waals surface area contributed by atoms with Gasteiger partial charge in [0.2, 0.25) is 5.88 Å². The third kappa shape index (κ3) is 3.23. The van der Waals surface area contributed by atoms with Crippen LogP contribution in [0.4, 0.5) is 5.69 Å². The number of carboxylic acid groups (broad SMARTS) is 1. The number of halogens is 1. The van der Waals surface area contributed by atoms with Gasteiger partial charge in [-0.25, -0.2) is 0 Å². The molecule has 20 heavy (non-hydrogen) atoms. The molecule has 2 aromatic rings. The Bertz CT molecular complexity index is 670. The Hall–Kier alpha value is -2.61. The molecule has 0 spiro atoms. The minimum atomic E-state index is -1.03. The quantitative estimate of drug-likeness (QED) is 0.670. The zero-order valence-corrected chi connectivity index (χ0v) is 10.6. The van der Waals surface area contributed by atoms with E-state index in [2.05, 4.69) is 5.10 Å². The maximum atomic E-state index is 10.6. The number of carboxylic acids is 1. The molecule has 0 aliphatic heterocycles. The lowest BCUT2D eigenvalue weighted by Gasteiger charge is -2.02. The molecule has 1 heterocycles. The minimum Gasteiger partial charge on any atom is -0.480 e. The van der Waals surface area contributed by atoms with E-state index in [0.717, 1.165) is 0 Å². The summed E-state index contributed by atoms with van der Waals surface area (Å²) in [7, 11) is 0. The second-order valence-corrected chi connectivity index (χ2v) is 4.12. The first-order valence-corrected chi connectivity index (χ1v) is 5.70. The van der Waals surface area contributed by atoms with Gasteiger partial charge in [0, 0.05) is 24.4 Å². The molecular formula is C11H8ClN3O5. The highest BCUT2D eigenvalue weighted by Crippen LogP contribution is 2.30. The predicted molar refractivity (Wildman–Crippen MR) is 68.0 cm³/mol. The van der Waals surface area contributed by atoms with Gasteiger partial charge >= 0.3 is 5.97 Å². The summed E-state index contributed by atoms with van der Waals surface area (Å²) in [6, 6.07) is 5.35. The van der Waals surface area contributed by atoms with E-state index in [1.165, 1.54) is 35.1 Å². The number of benzene rings is 1. The van der Waals surface area contributed by atoms with E-state index >= 15 is 0 Å². The van der Waals surface area contributed by atoms with E-state index in [-0.39, 0.29) is 28.9 Å². The molecule has 1 aromatic carbocycles. The van der Waals surface area contributed by atoms with E-state index in [1.54, 1.807) is 0 Å². The Kier molecular flexibility index (Phi) is 3.85. The summed E-state index contributed by atoms with van der Waals surface area (Å²) in [6.07, 6.45) is 1.44. The lowest BCUT2D eigenvalue weighted by Crippen LogP contribution is -2.08. The second kappa shape index (κ2) is 5.57. The number of nitrogens with zero attached hydrogens (tertiary/aromatic N) is 3. The summed E-state index contributed by atoms with van der Waals surface area (Å²) < 4.78 is 6.51. The second-order valence-electron chi connectivity index (χ2n) is 3.72. The van der Waals surface area contributed by atoms with Crippen LogP contribution in [0.3, 0.4) is 0 Å². The summed E-state index contributed by atoms with van der Waals surface area (Å²) in [5.41, 5.74) is -0.226. The molecule has 9 heteroatoms. The van der Waals surface area contributed by atoms with Gasteiger partial charge in [0.05, 0.1) is 4.92 Å². The van der Waals surface area contributed by atoms with Gasteiger partial charge in [-0.1, -0.05) is 11.6 Å². The third-order valence-electron chi connectivity index (χ3n) is 2.25. The van der Waals surface area contributed by atoms with Gasteiger partial charge in [-0.3, -0.25) is 19.6 Å². The number of ether oxygens (including phenoxy) is 1. The van der Waals surface area contributed by atoms with Crippen molar-refractivity contribution in [3.8, 4) is 11.6 Å². The van der Waals surface area contributed by atoms with Crippen LogP contribution in [0.15, 0.2) is 30.5 Å². The molecule has 0 fully saturated rings. The monoisotopic (exact) mass is 297 g/mol. The number of carbonyl (C=O) groups is 1. The largest absolute Gasteiger partial charge is 0.480 e. The Labute approximate surface area is 117 Å². The molecule has 0 radical (unpaired) electrons. The van der Waals surface area contributed by atoms with Crippen LogP contribution >= 0.6 is 11.6 Å². The maximum Gasteiger partial charge on any atom is 0.325 e. The molecule has 0 saturated carbocycles. The summed E-state index contributed by atoms with van der Waals surface area (Å²) >= 11 is 5.74. The first-order chi connectivity index (χ1) is 9.45. The van der Waals surface area contributed by atoms with Gasteiger partial charge < -0.3 is 9.84 Å². The van der Waals surface area contributed by atoms with Crippen LogP contribution in [0.25, 0.3) is 0 Å². The van der Waals surface area contributed by atoms with Crippen LogP contribution in [-0.2, 0) is 11.3 Å². The highest BCUT2D eigenvalue weighted by molar-refractivity contribution is 6.32. The zero-order chi connectivity index (χ0) is 14.7. The lowest BCUT2D eigenvalue weighted by molar-refractivity contribution is -0.384. The fourth-order valence-electron chi connectivity index (χ4n) is 1.44. The number of rotatable bonds is 5. The third-order valence-corrected chi connectivity index (χ3v) is 2.55. The summed E-state index contributed by atoms with van der Waals surface area (Å²) in [5, 5.41) is 23.0. The lowest BCUT2D eigenvalue weighted by atomic mass is 10.3. The molecule has 0 bridgehead atoms. The number of aliphatic carboxylic acids is 1. The van der Waals surface area contributed by atoms with Crippen molar-refractivity contribution < 1.29 is 19.6 Å². The Morgan fingerprint density at radius 1 is 1.50 bits per heavy atom. The van der Waals surface area contributed by atoms with Crippen LogP contribution in [0.5, 0.6) is 11.6 Å². The average Bonchev–Trinajstić information content (AvgIpc) is 2.75. The van der Waals surface area contributed by atoms with Crippen LogP contribution in [0.2, 0.25) is 5.02 Å². The van der Waals surface area contributed by atoms with E-state index in [1.807, 2.05) is 0 Å². The predicted octanol–water partition coefficient (Wildman–Crippen LogP) is 2.32. The van der Waals surface area contributed by atoms with E-state index in [9.17, 15) is 14.9 Å². The number of hydrogen-bond donors (Lipinski definition) is 1. The highest BCUT2D eigenvalue weighted by Gasteiger charge is 2.13. The van der Waals surface area contributed by atoms with Crippen LogP contribution in [-0.4, -0.2) is 25.8 Å². The van der Waals surface area contributed by atoms with Gasteiger partial charge in [-0.2, -0.15) is 0 Å². The molecular weight excluding hydrogens is 290 g/mol. The maximum absolute atomic E-state index is 10.6. The van der Waals surface area contributed by atoms with Gasteiger partial charge in [0.25, 0.3) is 5.69 Å². The molecule has 2 rings (SSSR count). The molecule has 8 nitrogen and oxygen atoms in total. The van der Waals surface area contributed by atoms with Crippen molar-refractivity contribution in [3.63, 3.8) is 0 Å². The molecule has 1 N–H and O–H groups in total. The molecule has 0 amide bonds. The fourth-order valence-corrected chi connectivity index (χ4v) is 1.68. The number of nitro benzene ring substituents is 1. The standard InChI is InChI=1S/C11H8ClN3O5/c12-8-5-7(1-2-9(8)15(18)19)20-10-3-4-14(13-10)6-11(16)17/h1-5H,6H2,(H,16,17). The van der Waals surface area contributed by atoms with Gasteiger partial charge in [0.1, 0.15) is 17.3 Å². The van der Waals surface area contributed by atoms with Crippen molar-refractivity contribution >= 4 is 23.3 Å². The molecule has 0 aliphatic rings. The number of hydrogen-bond acceptors (Lipinski definition) is 5. The smallest absolute Gasteiger partial charge is 0.325 e. The van der Waals surface area contributed by atoms with Crippen molar-refractivity contribution in [3.05, 3.63) is 45.6 Å². The molecule has 1 aromatic heterocycles. The normalized spacial score (nSPS) is 10.2. The van der Waals surface area contributed by atoms with Crippen molar-refractivity contribution in [2.75, 3.05) is 0 Å². The number of nitro groups is 1. The van der Waals surface area contributed by atoms with Gasteiger partial charge in [-0.15, -0.1) is 5.10 Å². The first kappa shape index (κ1) is 13.8. The molecule has 0 saturated heterocycles. The molecule has 104 valence electrons. The van der Waals surface area contributed by atoms with Crippen molar-refractivity contribution in [1.29, 1.82) is 0 Å². The summed E-state index contributed by atoms with van der Waals surface area (Å²) in [4.78, 5) is 20.5. The van der Waals surface area contributed by atoms with Crippen molar-refractivity contribution in [1.82, 2.24) is 9.78 Å². The Balaban J connectivity index is 2.14. The molecule has 0 atom stereocenters. The molecule has 0 unspecified atom stereocenters. The van der Waals surface area contributed by atoms with Gasteiger partial charge in [0.15, 0.2) is 0 Å². The topological polar surface area (TPSA) is 107 Å². The fraction of sp³-hybridized carbons (Fsp3) is 0.0909. The van der Waals surface area contributed by atoms with Crippen molar-refractivity contribution in [2.24, 2.45) is 0 Å². The SMILES string of the molecule is O=C(O)Cn1ccc(Oc2ccc([N+](=O)[O-])c(Cl)c2)n1. The average molecular weight is 298 g/mol. The number of aromatic nitrogens is 2. The molecule has 0 aliphatic carbocycles. The zero-order valence-electron chi connectivity index (χ0n) is 9.89. The highest BCUT2D eigenvalue weighted by atomic mass is 35.5. The van der Waals surface area contributed by atoms with E-state index in [0.29, 0.717) is 0 Å². The Morgan fingerprint density at radius 3 is 2.85 bits per heavy atom. The van der Waals surface area contributed by atoms with Crippen LogP contribution < -0.4 is 4.74 Å². The summed E-state index contributed by atoms with van der Waals surface area (Å²) in [5.74, 6) is -0.602. The van der Waals surface area contributed by atoms with Crippen molar-refractivity contribution in [2.45, 2.75) is 6.54 Å². The van der Waals surface area contributed by atoms with Crippen LogP contribution in [0.1, 0.15) is 0 Å². The minimum absolute atomic E-state index is 0.0579. The van der Waals surface area contributed by atoms with Crippen LogP contribution in [0, 0.1) is 10.1 Å².